The molecular formula is C18H23N7O2S. The first-order valence-corrected chi connectivity index (χ1v) is 10.4. The fourth-order valence-electron chi connectivity index (χ4n) is 2.70. The fraction of sp³-hybridized carbons (Fsp3) is 0.278. The topological polar surface area (TPSA) is 113 Å². The maximum atomic E-state index is 11.7. The minimum atomic E-state index is -3.30. The number of benzene rings is 1. The molecule has 0 spiro atoms. The van der Waals surface area contributed by atoms with E-state index < -0.39 is 10.0 Å². The highest BCUT2D eigenvalue weighted by molar-refractivity contribution is 7.88. The third-order valence-electron chi connectivity index (χ3n) is 4.14. The van der Waals surface area contributed by atoms with Crippen LogP contribution in [0.5, 0.6) is 0 Å². The maximum Gasteiger partial charge on any atom is 0.215 e. The van der Waals surface area contributed by atoms with Crippen molar-refractivity contribution in [2.75, 3.05) is 14.1 Å². The molecule has 0 atom stereocenters. The first kappa shape index (κ1) is 19.8. The summed E-state index contributed by atoms with van der Waals surface area (Å²) in [5, 5.41) is 14.7. The first-order chi connectivity index (χ1) is 13.5. The largest absolute Gasteiger partial charge is 0.352 e. The second-order valence-electron chi connectivity index (χ2n) is 6.11. The molecule has 2 aromatic heterocycles. The highest BCUT2D eigenvalue weighted by Gasteiger charge is 2.09. The van der Waals surface area contributed by atoms with Gasteiger partial charge in [-0.3, -0.25) is 9.39 Å². The minimum Gasteiger partial charge on any atom is -0.352 e. The zero-order chi connectivity index (χ0) is 20.0. The van der Waals surface area contributed by atoms with Crippen LogP contribution in [0, 0.1) is 0 Å². The number of fused-ring (bicyclic) bond motifs is 1. The van der Waals surface area contributed by atoms with Crippen LogP contribution in [0.3, 0.4) is 0 Å². The Labute approximate surface area is 164 Å². The summed E-state index contributed by atoms with van der Waals surface area (Å²) in [6, 6.07) is 13.2. The van der Waals surface area contributed by atoms with Gasteiger partial charge in [0.05, 0.1) is 12.3 Å². The molecule has 0 aliphatic carbocycles. The number of aliphatic imine (C=N–C) groups is 1. The average molecular weight is 401 g/mol. The highest BCUT2D eigenvalue weighted by atomic mass is 32.2. The first-order valence-electron chi connectivity index (χ1n) is 8.73. The average Bonchev–Trinajstić information content (AvgIpc) is 3.11. The fourth-order valence-corrected chi connectivity index (χ4v) is 3.46. The number of guanidine groups is 1. The molecule has 0 fully saturated rings. The second kappa shape index (κ2) is 8.81. The van der Waals surface area contributed by atoms with Gasteiger partial charge < -0.3 is 10.6 Å². The lowest BCUT2D eigenvalue weighted by molar-refractivity contribution is 0.587. The molecule has 0 bridgehead atoms. The highest BCUT2D eigenvalue weighted by Crippen LogP contribution is 2.08. The van der Waals surface area contributed by atoms with Crippen LogP contribution in [0.15, 0.2) is 53.7 Å². The quantitative estimate of drug-likeness (QED) is 0.396. The standard InChI is InChI=1S/C18H23N7O2S/c1-19-18(22-12-17-24-23-16-8-3-4-9-25(16)17)21-11-14-6-5-7-15(10-14)13-28(26,27)20-2/h3-10,20H,11-13H2,1-2H3,(H2,19,21,22). The van der Waals surface area contributed by atoms with Gasteiger partial charge in [-0.1, -0.05) is 30.3 Å². The summed E-state index contributed by atoms with van der Waals surface area (Å²) in [5.74, 6) is 1.34. The Balaban J connectivity index is 1.58. The van der Waals surface area contributed by atoms with Crippen LogP contribution in [0.2, 0.25) is 0 Å². The van der Waals surface area contributed by atoms with E-state index in [4.69, 9.17) is 0 Å². The van der Waals surface area contributed by atoms with Crippen LogP contribution in [0.4, 0.5) is 0 Å². The molecule has 28 heavy (non-hydrogen) atoms. The Kier molecular flexibility index (Phi) is 6.22. The zero-order valence-corrected chi connectivity index (χ0v) is 16.6. The molecule has 3 aromatic rings. The molecule has 2 heterocycles. The molecule has 1 aromatic carbocycles. The number of nitrogens with zero attached hydrogens (tertiary/aromatic N) is 4. The number of nitrogens with one attached hydrogen (secondary N) is 3. The molecule has 0 aliphatic heterocycles. The molecule has 3 N–H and O–H groups in total. The van der Waals surface area contributed by atoms with Gasteiger partial charge in [0.1, 0.15) is 0 Å². The Morgan fingerprint density at radius 2 is 1.86 bits per heavy atom. The van der Waals surface area contributed by atoms with Crippen LogP contribution >= 0.6 is 0 Å². The van der Waals surface area contributed by atoms with E-state index in [2.05, 4.69) is 30.5 Å². The van der Waals surface area contributed by atoms with Crippen molar-refractivity contribution in [2.24, 2.45) is 4.99 Å². The molecule has 0 radical (unpaired) electrons. The molecule has 0 aliphatic rings. The van der Waals surface area contributed by atoms with E-state index in [9.17, 15) is 8.42 Å². The molecule has 10 heteroatoms. The summed E-state index contributed by atoms with van der Waals surface area (Å²) in [4.78, 5) is 4.21. The molecule has 9 nitrogen and oxygen atoms in total. The van der Waals surface area contributed by atoms with E-state index in [1.807, 2.05) is 47.0 Å². The third kappa shape index (κ3) is 5.05. The van der Waals surface area contributed by atoms with Gasteiger partial charge in [0, 0.05) is 19.8 Å². The molecule has 0 amide bonds. The monoisotopic (exact) mass is 401 g/mol. The Morgan fingerprint density at radius 3 is 2.64 bits per heavy atom. The molecule has 148 valence electrons. The number of aromatic nitrogens is 3. The van der Waals surface area contributed by atoms with Gasteiger partial charge in [0.2, 0.25) is 10.0 Å². The summed E-state index contributed by atoms with van der Waals surface area (Å²) in [6.07, 6.45) is 1.91. The van der Waals surface area contributed by atoms with Gasteiger partial charge >= 0.3 is 0 Å². The summed E-state index contributed by atoms with van der Waals surface area (Å²) in [5.41, 5.74) is 2.47. The lowest BCUT2D eigenvalue weighted by Crippen LogP contribution is -2.36. The van der Waals surface area contributed by atoms with Crippen LogP contribution in [0.25, 0.3) is 5.65 Å². The SMILES string of the molecule is CN=C(NCc1cccc(CS(=O)(=O)NC)c1)NCc1nnc2ccccn12. The van der Waals surface area contributed by atoms with Crippen molar-refractivity contribution < 1.29 is 8.42 Å². The van der Waals surface area contributed by atoms with Gasteiger partial charge in [0.25, 0.3) is 0 Å². The van der Waals surface area contributed by atoms with Gasteiger partial charge in [-0.25, -0.2) is 13.1 Å². The zero-order valence-electron chi connectivity index (χ0n) is 15.8. The smallest absolute Gasteiger partial charge is 0.215 e. The summed E-state index contributed by atoms with van der Waals surface area (Å²) in [6.45, 7) is 0.971. The third-order valence-corrected chi connectivity index (χ3v) is 5.48. The van der Waals surface area contributed by atoms with Crippen molar-refractivity contribution in [1.82, 2.24) is 30.0 Å². The van der Waals surface area contributed by atoms with Gasteiger partial charge in [-0.05, 0) is 30.3 Å². The Bertz CT molecular complexity index is 1080. The summed E-state index contributed by atoms with van der Waals surface area (Å²) >= 11 is 0. The van der Waals surface area contributed by atoms with Crippen LogP contribution in [-0.4, -0.2) is 43.1 Å². The Hall–Kier alpha value is -2.98. The predicted octanol–water partition coefficient (Wildman–Crippen LogP) is 0.644. The van der Waals surface area contributed by atoms with E-state index in [1.54, 1.807) is 13.1 Å². The molecule has 0 unspecified atom stereocenters. The maximum absolute atomic E-state index is 11.7. The van der Waals surface area contributed by atoms with E-state index in [0.717, 1.165) is 22.6 Å². The Morgan fingerprint density at radius 1 is 1.07 bits per heavy atom. The van der Waals surface area contributed by atoms with Crippen molar-refractivity contribution >= 4 is 21.6 Å². The number of pyridine rings is 1. The molecule has 0 saturated carbocycles. The van der Waals surface area contributed by atoms with E-state index in [0.29, 0.717) is 19.0 Å². The van der Waals surface area contributed by atoms with E-state index in [1.165, 1.54) is 7.05 Å². The van der Waals surface area contributed by atoms with Crippen LogP contribution in [0.1, 0.15) is 17.0 Å². The lowest BCUT2D eigenvalue weighted by atomic mass is 10.1. The van der Waals surface area contributed by atoms with Crippen molar-refractivity contribution in [3.05, 3.63) is 65.6 Å². The van der Waals surface area contributed by atoms with Crippen molar-refractivity contribution in [1.29, 1.82) is 0 Å². The van der Waals surface area contributed by atoms with Crippen molar-refractivity contribution in [3.63, 3.8) is 0 Å². The van der Waals surface area contributed by atoms with E-state index in [-0.39, 0.29) is 5.75 Å². The van der Waals surface area contributed by atoms with Gasteiger partial charge in [-0.2, -0.15) is 0 Å². The normalized spacial score (nSPS) is 12.3. The second-order valence-corrected chi connectivity index (χ2v) is 8.03. The number of sulfonamides is 1. The number of hydrogen-bond donors (Lipinski definition) is 3. The summed E-state index contributed by atoms with van der Waals surface area (Å²) < 4.78 is 27.7. The van der Waals surface area contributed by atoms with E-state index >= 15 is 0 Å². The van der Waals surface area contributed by atoms with Crippen LogP contribution in [-0.2, 0) is 28.9 Å². The van der Waals surface area contributed by atoms with Gasteiger partial charge in [-0.15, -0.1) is 10.2 Å². The molecular weight excluding hydrogens is 378 g/mol. The van der Waals surface area contributed by atoms with Crippen molar-refractivity contribution in [3.8, 4) is 0 Å². The number of rotatable bonds is 7. The summed E-state index contributed by atoms with van der Waals surface area (Å²) in [7, 11) is -0.199. The molecule has 0 saturated heterocycles. The predicted molar refractivity (Wildman–Crippen MR) is 108 cm³/mol. The lowest BCUT2D eigenvalue weighted by Gasteiger charge is -2.12. The minimum absolute atomic E-state index is 0.0513. The van der Waals surface area contributed by atoms with Gasteiger partial charge in [0.15, 0.2) is 17.4 Å². The van der Waals surface area contributed by atoms with Crippen LogP contribution < -0.4 is 15.4 Å². The number of hydrogen-bond acceptors (Lipinski definition) is 5. The van der Waals surface area contributed by atoms with Crippen molar-refractivity contribution in [2.45, 2.75) is 18.8 Å². The molecule has 3 rings (SSSR count).